The van der Waals surface area contributed by atoms with Crippen LogP contribution in [0.25, 0.3) is 0 Å². The molecule has 14 heteroatoms. The first-order valence-electron chi connectivity index (χ1n) is 11.6. The highest BCUT2D eigenvalue weighted by Gasteiger charge is 2.24. The van der Waals surface area contributed by atoms with E-state index in [0.717, 1.165) is 12.1 Å². The van der Waals surface area contributed by atoms with Crippen LogP contribution < -0.4 is 31.6 Å². The Bertz CT molecular complexity index is 1080. The van der Waals surface area contributed by atoms with E-state index in [2.05, 4.69) is 10.6 Å². The van der Waals surface area contributed by atoms with Gasteiger partial charge in [-0.25, -0.2) is 0 Å². The van der Waals surface area contributed by atoms with Crippen molar-refractivity contribution in [1.82, 2.24) is 0 Å². The number of primary amides is 2. The summed E-state index contributed by atoms with van der Waals surface area (Å²) in [5.74, 6) is -1.54. The van der Waals surface area contributed by atoms with Gasteiger partial charge in [-0.15, -0.1) is 0 Å². The Hall–Kier alpha value is -4.62. The lowest BCUT2D eigenvalue weighted by molar-refractivity contribution is -0.384. The van der Waals surface area contributed by atoms with Crippen LogP contribution in [0, 0.1) is 20.2 Å². The van der Waals surface area contributed by atoms with Crippen LogP contribution in [0.4, 0.5) is 22.7 Å². The molecule has 37 heavy (non-hydrogen) atoms. The number of ether oxygens (including phenoxy) is 2. The lowest BCUT2D eigenvalue weighted by Crippen LogP contribution is -2.15. The molecule has 0 spiro atoms. The number of hydrogen-bond donors (Lipinski definition) is 4. The number of hydrogen-bond acceptors (Lipinski definition) is 10. The van der Waals surface area contributed by atoms with Crippen LogP contribution in [0.15, 0.2) is 24.3 Å². The second-order valence-electron chi connectivity index (χ2n) is 7.88. The van der Waals surface area contributed by atoms with Gasteiger partial charge in [0.1, 0.15) is 11.5 Å². The summed E-state index contributed by atoms with van der Waals surface area (Å²) in [7, 11) is 0. The summed E-state index contributed by atoms with van der Waals surface area (Å²) in [6.45, 7) is 4.67. The topological polar surface area (TPSA) is 215 Å². The smallest absolute Gasteiger partial charge is 0.296 e. The first-order valence-corrected chi connectivity index (χ1v) is 11.6. The first kappa shape index (κ1) is 28.6. The molecule has 0 radical (unpaired) electrons. The van der Waals surface area contributed by atoms with Crippen LogP contribution in [0.2, 0.25) is 0 Å². The second-order valence-corrected chi connectivity index (χ2v) is 7.88. The van der Waals surface area contributed by atoms with Crippen LogP contribution in [-0.2, 0) is 0 Å². The molecule has 14 nitrogen and oxygen atoms in total. The maximum atomic E-state index is 11.7. The molecule has 0 aliphatic heterocycles. The number of nitrogens with two attached hydrogens (primary N) is 2. The third-order valence-electron chi connectivity index (χ3n) is 5.03. The zero-order valence-corrected chi connectivity index (χ0v) is 20.6. The lowest BCUT2D eigenvalue weighted by Gasteiger charge is -2.16. The summed E-state index contributed by atoms with van der Waals surface area (Å²) in [6.07, 6.45) is 1.63. The number of nitro groups is 2. The van der Waals surface area contributed by atoms with E-state index in [1.165, 1.54) is 12.1 Å². The van der Waals surface area contributed by atoms with Gasteiger partial charge in [0, 0.05) is 42.8 Å². The Morgan fingerprint density at radius 2 is 1.16 bits per heavy atom. The van der Waals surface area contributed by atoms with E-state index in [-0.39, 0.29) is 65.0 Å². The average molecular weight is 519 g/mol. The molecule has 0 unspecified atom stereocenters. The number of carbonyl (C=O) groups excluding carboxylic acids is 2. The van der Waals surface area contributed by atoms with Crippen molar-refractivity contribution in [2.24, 2.45) is 11.5 Å². The molecule has 2 aromatic rings. The van der Waals surface area contributed by atoms with Crippen molar-refractivity contribution >= 4 is 34.6 Å². The molecule has 0 saturated heterocycles. The highest BCUT2D eigenvalue weighted by Crippen LogP contribution is 2.37. The first-order chi connectivity index (χ1) is 17.6. The van der Waals surface area contributed by atoms with Gasteiger partial charge >= 0.3 is 0 Å². The predicted molar refractivity (Wildman–Crippen MR) is 136 cm³/mol. The van der Waals surface area contributed by atoms with Crippen molar-refractivity contribution in [1.29, 1.82) is 0 Å². The van der Waals surface area contributed by atoms with E-state index >= 15 is 0 Å². The molecule has 0 atom stereocenters. The number of benzene rings is 2. The molecular formula is C23H30N6O8. The SMILES string of the molecule is CCCNc1c(OCCCOc2cc(C(N)=O)cc([N+](=O)[O-])c2NCCC)cc(C(N)=O)cc1[N+](=O)[O-]. The van der Waals surface area contributed by atoms with Crippen LogP contribution in [0.5, 0.6) is 11.5 Å². The summed E-state index contributed by atoms with van der Waals surface area (Å²) in [5.41, 5.74) is 10.0. The molecule has 0 fully saturated rings. The third-order valence-corrected chi connectivity index (χ3v) is 5.03. The summed E-state index contributed by atoms with van der Waals surface area (Å²) in [6, 6.07) is 4.81. The number of nitro benzene ring substituents is 2. The minimum absolute atomic E-state index is 0.0233. The molecule has 0 aliphatic carbocycles. The van der Waals surface area contributed by atoms with Crippen molar-refractivity contribution in [3.8, 4) is 11.5 Å². The molecule has 0 bridgehead atoms. The summed E-state index contributed by atoms with van der Waals surface area (Å²) in [5, 5.41) is 29.0. The number of amides is 2. The van der Waals surface area contributed by atoms with Gasteiger partial charge in [-0.2, -0.15) is 0 Å². The maximum absolute atomic E-state index is 11.7. The quantitative estimate of drug-likeness (QED) is 0.144. The van der Waals surface area contributed by atoms with E-state index in [4.69, 9.17) is 20.9 Å². The monoisotopic (exact) mass is 518 g/mol. The van der Waals surface area contributed by atoms with Gasteiger partial charge in [0.15, 0.2) is 11.4 Å². The average Bonchev–Trinajstić information content (AvgIpc) is 2.85. The van der Waals surface area contributed by atoms with Crippen LogP contribution in [0.3, 0.4) is 0 Å². The van der Waals surface area contributed by atoms with Crippen molar-refractivity contribution in [2.75, 3.05) is 36.9 Å². The number of anilines is 2. The van der Waals surface area contributed by atoms with Gasteiger partial charge in [-0.3, -0.25) is 29.8 Å². The molecule has 200 valence electrons. The Labute approximate surface area is 212 Å². The van der Waals surface area contributed by atoms with Gasteiger partial charge in [-0.05, 0) is 25.0 Å². The highest BCUT2D eigenvalue weighted by molar-refractivity contribution is 5.96. The van der Waals surface area contributed by atoms with Crippen LogP contribution >= 0.6 is 0 Å². The summed E-state index contributed by atoms with van der Waals surface area (Å²) in [4.78, 5) is 45.2. The van der Waals surface area contributed by atoms with Crippen molar-refractivity contribution in [3.05, 3.63) is 55.6 Å². The highest BCUT2D eigenvalue weighted by atomic mass is 16.6. The zero-order valence-electron chi connectivity index (χ0n) is 20.6. The number of nitrogens with zero attached hydrogens (tertiary/aromatic N) is 2. The van der Waals surface area contributed by atoms with E-state index in [0.29, 0.717) is 25.9 Å². The molecule has 2 rings (SSSR count). The predicted octanol–water partition coefficient (Wildman–Crippen LogP) is 3.19. The molecule has 0 saturated carbocycles. The van der Waals surface area contributed by atoms with E-state index in [9.17, 15) is 29.8 Å². The summed E-state index contributed by atoms with van der Waals surface area (Å²) >= 11 is 0. The van der Waals surface area contributed by atoms with E-state index in [1.54, 1.807) is 0 Å². The Morgan fingerprint density at radius 3 is 1.46 bits per heavy atom. The van der Waals surface area contributed by atoms with Gasteiger partial charge in [-0.1, -0.05) is 13.8 Å². The standard InChI is InChI=1S/C23H30N6O8/c1-3-6-26-20-16(28(32)33)10-14(22(24)30)12-18(20)36-8-5-9-37-19-13-15(23(25)31)11-17(29(34)35)21(19)27-7-4-2/h10-13,26-27H,3-9H2,1-2H3,(H2,24,30)(H2,25,31). The molecular weight excluding hydrogens is 488 g/mol. The molecule has 0 aliphatic rings. The largest absolute Gasteiger partial charge is 0.491 e. The van der Waals surface area contributed by atoms with Crippen molar-refractivity contribution in [3.63, 3.8) is 0 Å². The van der Waals surface area contributed by atoms with E-state index in [1.807, 2.05) is 13.8 Å². The normalized spacial score (nSPS) is 10.4. The van der Waals surface area contributed by atoms with Crippen LogP contribution in [-0.4, -0.2) is 48.0 Å². The molecule has 6 N–H and O–H groups in total. The Morgan fingerprint density at radius 1 is 0.784 bits per heavy atom. The summed E-state index contributed by atoms with van der Waals surface area (Å²) < 4.78 is 11.4. The minimum atomic E-state index is -0.846. The Kier molecular flexibility index (Phi) is 10.4. The zero-order chi connectivity index (χ0) is 27.5. The minimum Gasteiger partial charge on any atom is -0.491 e. The third kappa shape index (κ3) is 7.68. The van der Waals surface area contributed by atoms with Gasteiger partial charge in [0.2, 0.25) is 11.8 Å². The molecule has 0 aromatic heterocycles. The molecule has 0 heterocycles. The lowest BCUT2D eigenvalue weighted by atomic mass is 10.1. The van der Waals surface area contributed by atoms with Crippen LogP contribution in [0.1, 0.15) is 53.8 Å². The fourth-order valence-electron chi connectivity index (χ4n) is 3.28. The van der Waals surface area contributed by atoms with Crippen molar-refractivity contribution < 1.29 is 28.9 Å². The van der Waals surface area contributed by atoms with E-state index < -0.39 is 21.7 Å². The second kappa shape index (κ2) is 13.5. The maximum Gasteiger partial charge on any atom is 0.296 e. The fraction of sp³-hybridized carbons (Fsp3) is 0.391. The number of rotatable bonds is 16. The Balaban J connectivity index is 2.22. The number of nitrogens with one attached hydrogen (secondary N) is 2. The van der Waals surface area contributed by atoms with Gasteiger partial charge in [0.05, 0.1) is 23.1 Å². The van der Waals surface area contributed by atoms with Gasteiger partial charge in [0.25, 0.3) is 11.4 Å². The van der Waals surface area contributed by atoms with Crippen molar-refractivity contribution in [2.45, 2.75) is 33.1 Å². The molecule has 2 amide bonds. The molecule has 2 aromatic carbocycles. The number of carbonyl (C=O) groups is 2. The van der Waals surface area contributed by atoms with Gasteiger partial charge < -0.3 is 31.6 Å². The fourth-order valence-corrected chi connectivity index (χ4v) is 3.28.